The van der Waals surface area contributed by atoms with Gasteiger partial charge in [-0.2, -0.15) is 0 Å². The van der Waals surface area contributed by atoms with E-state index >= 15 is 0 Å². The molecule has 2 aromatic carbocycles. The first-order chi connectivity index (χ1) is 14.2. The van der Waals surface area contributed by atoms with E-state index in [1.807, 2.05) is 10.6 Å². The highest BCUT2D eigenvalue weighted by Crippen LogP contribution is 2.21. The second kappa shape index (κ2) is 8.91. The van der Waals surface area contributed by atoms with Crippen LogP contribution in [0.5, 0.6) is 0 Å². The van der Waals surface area contributed by atoms with Gasteiger partial charge in [-0.3, -0.25) is 4.79 Å². The molecular formula is C21H22F2N4O3. The number of likely N-dealkylation sites (N-methyl/N-ethyl adjacent to an activating group) is 1. The van der Waals surface area contributed by atoms with Gasteiger partial charge in [0.15, 0.2) is 11.6 Å². The lowest BCUT2D eigenvalue weighted by molar-refractivity contribution is -0.129. The summed E-state index contributed by atoms with van der Waals surface area (Å²) in [5.41, 5.74) is 1.54. The minimum absolute atomic E-state index is 0.0336. The first kappa shape index (κ1) is 21.3. The molecule has 1 unspecified atom stereocenters. The summed E-state index contributed by atoms with van der Waals surface area (Å²) in [5, 5.41) is 16.0. The molecule has 30 heavy (non-hydrogen) atoms. The number of halogens is 2. The van der Waals surface area contributed by atoms with E-state index in [4.69, 9.17) is 0 Å². The van der Waals surface area contributed by atoms with E-state index in [0.29, 0.717) is 5.69 Å². The number of nitrogens with zero attached hydrogens (tertiary/aromatic N) is 2. The van der Waals surface area contributed by atoms with E-state index in [1.54, 1.807) is 38.5 Å². The SMILES string of the molecule is CN(C)C(=O)Cn1ccc2cc(NC(=O)NCC(O)c3ccc(F)c(F)c3)ccc21. The predicted octanol–water partition coefficient (Wildman–Crippen LogP) is 2.86. The van der Waals surface area contributed by atoms with Crippen LogP contribution in [0.15, 0.2) is 48.7 Å². The Bertz CT molecular complexity index is 1080. The van der Waals surface area contributed by atoms with Gasteiger partial charge in [-0.05, 0) is 42.0 Å². The molecule has 0 fully saturated rings. The Morgan fingerprint density at radius 2 is 1.87 bits per heavy atom. The lowest BCUT2D eigenvalue weighted by atomic mass is 10.1. The summed E-state index contributed by atoms with van der Waals surface area (Å²) in [6.45, 7) is 0.0355. The van der Waals surface area contributed by atoms with Crippen molar-refractivity contribution in [3.05, 3.63) is 65.9 Å². The van der Waals surface area contributed by atoms with Gasteiger partial charge in [-0.1, -0.05) is 6.07 Å². The standard InChI is InChI=1S/C21H22F2N4O3/c1-26(2)20(29)12-27-8-7-13-9-15(4-6-18(13)27)25-21(30)24-11-19(28)14-3-5-16(22)17(23)10-14/h3-10,19,28H,11-12H2,1-2H3,(H2,24,25,30). The smallest absolute Gasteiger partial charge is 0.319 e. The first-order valence-electron chi connectivity index (χ1n) is 9.21. The number of aliphatic hydroxyl groups excluding tert-OH is 1. The highest BCUT2D eigenvalue weighted by atomic mass is 19.2. The monoisotopic (exact) mass is 416 g/mol. The Balaban J connectivity index is 1.59. The molecule has 0 aliphatic rings. The van der Waals surface area contributed by atoms with E-state index in [2.05, 4.69) is 10.6 Å². The van der Waals surface area contributed by atoms with Crippen LogP contribution in [0.3, 0.4) is 0 Å². The third-order valence-corrected chi connectivity index (χ3v) is 4.62. The molecule has 0 saturated carbocycles. The van der Waals surface area contributed by atoms with Gasteiger partial charge in [-0.25, -0.2) is 13.6 Å². The average molecular weight is 416 g/mol. The summed E-state index contributed by atoms with van der Waals surface area (Å²) in [4.78, 5) is 25.5. The van der Waals surface area contributed by atoms with E-state index in [-0.39, 0.29) is 24.6 Å². The molecule has 0 aliphatic carbocycles. The molecule has 3 amide bonds. The van der Waals surface area contributed by atoms with Crippen LogP contribution in [0.2, 0.25) is 0 Å². The Morgan fingerprint density at radius 1 is 1.10 bits per heavy atom. The van der Waals surface area contributed by atoms with Crippen molar-refractivity contribution in [2.45, 2.75) is 12.6 Å². The molecular weight excluding hydrogens is 394 g/mol. The zero-order valence-electron chi connectivity index (χ0n) is 16.5. The molecule has 3 aromatic rings. The second-order valence-electron chi connectivity index (χ2n) is 7.03. The average Bonchev–Trinajstić information content (AvgIpc) is 3.10. The number of urea groups is 1. The van der Waals surface area contributed by atoms with E-state index in [0.717, 1.165) is 23.0 Å². The van der Waals surface area contributed by atoms with Crippen molar-refractivity contribution < 1.29 is 23.5 Å². The quantitative estimate of drug-likeness (QED) is 0.578. The van der Waals surface area contributed by atoms with Gasteiger partial charge in [0.1, 0.15) is 6.54 Å². The fourth-order valence-electron chi connectivity index (χ4n) is 2.91. The first-order valence-corrected chi connectivity index (χ1v) is 9.21. The summed E-state index contributed by atoms with van der Waals surface area (Å²) in [6.07, 6.45) is 0.616. The highest BCUT2D eigenvalue weighted by molar-refractivity contribution is 5.93. The number of anilines is 1. The fourth-order valence-corrected chi connectivity index (χ4v) is 2.91. The summed E-state index contributed by atoms with van der Waals surface area (Å²) in [7, 11) is 3.39. The van der Waals surface area contributed by atoms with Crippen LogP contribution in [0, 0.1) is 11.6 Å². The second-order valence-corrected chi connectivity index (χ2v) is 7.03. The van der Waals surface area contributed by atoms with Crippen LogP contribution in [0.4, 0.5) is 19.3 Å². The van der Waals surface area contributed by atoms with Crippen molar-refractivity contribution in [1.82, 2.24) is 14.8 Å². The van der Waals surface area contributed by atoms with E-state index < -0.39 is 23.8 Å². The van der Waals surface area contributed by atoms with Crippen LogP contribution < -0.4 is 10.6 Å². The van der Waals surface area contributed by atoms with Crippen LogP contribution in [-0.4, -0.2) is 47.2 Å². The lowest BCUT2D eigenvalue weighted by Crippen LogP contribution is -2.32. The van der Waals surface area contributed by atoms with Crippen LogP contribution in [0.25, 0.3) is 10.9 Å². The third-order valence-electron chi connectivity index (χ3n) is 4.62. The maximum Gasteiger partial charge on any atom is 0.319 e. The molecule has 0 radical (unpaired) electrons. The zero-order chi connectivity index (χ0) is 21.8. The number of aliphatic hydroxyl groups is 1. The van der Waals surface area contributed by atoms with Crippen molar-refractivity contribution >= 4 is 28.5 Å². The maximum atomic E-state index is 13.3. The number of amides is 3. The molecule has 9 heteroatoms. The number of hydrogen-bond donors (Lipinski definition) is 3. The highest BCUT2D eigenvalue weighted by Gasteiger charge is 2.13. The van der Waals surface area contributed by atoms with Crippen molar-refractivity contribution in [3.63, 3.8) is 0 Å². The Hall–Kier alpha value is -3.46. The summed E-state index contributed by atoms with van der Waals surface area (Å²) in [5.74, 6) is -2.11. The van der Waals surface area contributed by atoms with Gasteiger partial charge in [0.05, 0.1) is 6.10 Å². The molecule has 158 valence electrons. The minimum Gasteiger partial charge on any atom is -0.387 e. The molecule has 0 spiro atoms. The molecule has 0 aliphatic heterocycles. The molecule has 1 atom stereocenters. The lowest BCUT2D eigenvalue weighted by Gasteiger charge is -2.14. The summed E-state index contributed by atoms with van der Waals surface area (Å²) >= 11 is 0. The van der Waals surface area contributed by atoms with Crippen molar-refractivity contribution in [1.29, 1.82) is 0 Å². The number of nitrogens with one attached hydrogen (secondary N) is 2. The number of rotatable bonds is 6. The van der Waals surface area contributed by atoms with Crippen molar-refractivity contribution in [2.24, 2.45) is 0 Å². The number of hydrogen-bond acceptors (Lipinski definition) is 3. The molecule has 0 bridgehead atoms. The molecule has 3 rings (SSSR count). The van der Waals surface area contributed by atoms with Gasteiger partial charge in [0.2, 0.25) is 5.91 Å². The summed E-state index contributed by atoms with van der Waals surface area (Å²) in [6, 6.07) is 9.60. The molecule has 7 nitrogen and oxygen atoms in total. The van der Waals surface area contributed by atoms with Crippen LogP contribution in [-0.2, 0) is 11.3 Å². The number of carbonyl (C=O) groups excluding carboxylic acids is 2. The van der Waals surface area contributed by atoms with Gasteiger partial charge in [-0.15, -0.1) is 0 Å². The molecule has 0 saturated heterocycles. The van der Waals surface area contributed by atoms with E-state index in [9.17, 15) is 23.5 Å². The molecule has 3 N–H and O–H groups in total. The number of aromatic nitrogens is 1. The maximum absolute atomic E-state index is 13.3. The predicted molar refractivity (Wildman–Crippen MR) is 109 cm³/mol. The van der Waals surface area contributed by atoms with Gasteiger partial charge in [0, 0.05) is 43.4 Å². The summed E-state index contributed by atoms with van der Waals surface area (Å²) < 4.78 is 28.0. The Kier molecular flexibility index (Phi) is 6.31. The topological polar surface area (TPSA) is 86.6 Å². The fraction of sp³-hybridized carbons (Fsp3) is 0.238. The molecule has 1 heterocycles. The van der Waals surface area contributed by atoms with E-state index in [1.165, 1.54) is 11.0 Å². The van der Waals surface area contributed by atoms with Gasteiger partial charge >= 0.3 is 6.03 Å². The Morgan fingerprint density at radius 3 is 2.57 bits per heavy atom. The van der Waals surface area contributed by atoms with Crippen molar-refractivity contribution in [3.8, 4) is 0 Å². The minimum atomic E-state index is -1.18. The number of benzene rings is 2. The van der Waals surface area contributed by atoms with Gasteiger partial charge < -0.3 is 25.2 Å². The number of fused-ring (bicyclic) bond motifs is 1. The van der Waals surface area contributed by atoms with Crippen LogP contribution >= 0.6 is 0 Å². The number of carbonyl (C=O) groups is 2. The zero-order valence-corrected chi connectivity index (χ0v) is 16.5. The third kappa shape index (κ3) is 4.93. The normalized spacial score (nSPS) is 11.9. The molecule has 1 aromatic heterocycles. The largest absolute Gasteiger partial charge is 0.387 e. The van der Waals surface area contributed by atoms with Crippen molar-refractivity contribution in [2.75, 3.05) is 26.0 Å². The van der Waals surface area contributed by atoms with Gasteiger partial charge in [0.25, 0.3) is 0 Å². The Labute approximate surface area is 171 Å². The van der Waals surface area contributed by atoms with Crippen LogP contribution in [0.1, 0.15) is 11.7 Å².